The molecule has 0 aliphatic heterocycles. The maximum Gasteiger partial charge on any atom is 0.420 e. The predicted octanol–water partition coefficient (Wildman–Crippen LogP) is 4.73. The van der Waals surface area contributed by atoms with Gasteiger partial charge in [-0.25, -0.2) is 19.2 Å². The number of ether oxygens (including phenoxy) is 4. The van der Waals surface area contributed by atoms with E-state index in [1.165, 1.54) is 0 Å². The van der Waals surface area contributed by atoms with Crippen molar-refractivity contribution in [1.29, 1.82) is 0 Å². The first kappa shape index (κ1) is 27.9. The van der Waals surface area contributed by atoms with E-state index >= 15 is 0 Å². The Hall–Kier alpha value is -3.10. The highest BCUT2D eigenvalue weighted by molar-refractivity contribution is 5.94. The summed E-state index contributed by atoms with van der Waals surface area (Å²) in [5.74, 6) is -1.51. The lowest BCUT2D eigenvalue weighted by atomic mass is 9.97. The van der Waals surface area contributed by atoms with Gasteiger partial charge in [-0.3, -0.25) is 0 Å². The number of benzene rings is 1. The number of hydrogen-bond donors (Lipinski definition) is 0. The summed E-state index contributed by atoms with van der Waals surface area (Å²) in [6.45, 7) is 12.9. The number of nitrogens with zero attached hydrogens (tertiary/aromatic N) is 1. The Labute approximate surface area is 195 Å². The first-order valence-electron chi connectivity index (χ1n) is 10.6. The van der Waals surface area contributed by atoms with Gasteiger partial charge in [0.05, 0.1) is 12.7 Å². The van der Waals surface area contributed by atoms with Crippen LogP contribution in [0.5, 0.6) is 0 Å². The van der Waals surface area contributed by atoms with Crippen molar-refractivity contribution in [2.75, 3.05) is 7.11 Å². The van der Waals surface area contributed by atoms with Crippen LogP contribution in [0.15, 0.2) is 30.3 Å². The summed E-state index contributed by atoms with van der Waals surface area (Å²) in [4.78, 5) is 51.8. The second kappa shape index (κ2) is 10.7. The number of rotatable bonds is 6. The minimum atomic E-state index is -1.47. The number of carbonyl (C=O) groups excluding carboxylic acids is 4. The third-order valence-corrected chi connectivity index (χ3v) is 4.03. The topological polar surface area (TPSA) is 108 Å². The van der Waals surface area contributed by atoms with Crippen LogP contribution >= 0.6 is 0 Å². The van der Waals surface area contributed by atoms with Gasteiger partial charge in [0.2, 0.25) is 0 Å². The molecule has 0 saturated heterocycles. The Bertz CT molecular complexity index is 821. The molecule has 0 radical (unpaired) electrons. The van der Waals surface area contributed by atoms with Crippen LogP contribution in [0.4, 0.5) is 9.59 Å². The number of methoxy groups -OCH3 is 1. The van der Waals surface area contributed by atoms with Crippen molar-refractivity contribution in [1.82, 2.24) is 4.90 Å². The number of carbonyl (C=O) groups is 4. The fourth-order valence-corrected chi connectivity index (χ4v) is 2.76. The molecule has 1 atom stereocenters. The molecule has 0 aromatic heterocycles. The maximum absolute atomic E-state index is 13.0. The standard InChI is InChI=1S/C24H35NO8/c1-22(2,3)32-20(28)25(21(29)33-23(4,5)6)17(19(27)30-9)15-24(7,8)31-18(26)16-13-11-10-12-14-16/h10-14,17H,15H2,1-9H3. The van der Waals surface area contributed by atoms with Gasteiger partial charge in [0.25, 0.3) is 0 Å². The molecule has 0 aliphatic carbocycles. The maximum atomic E-state index is 13.0. The Balaban J connectivity index is 3.30. The molecular formula is C24H35NO8. The fraction of sp³-hybridized carbons (Fsp3) is 0.583. The van der Waals surface area contributed by atoms with Crippen molar-refractivity contribution in [2.45, 2.75) is 84.7 Å². The zero-order valence-corrected chi connectivity index (χ0v) is 20.9. The fourth-order valence-electron chi connectivity index (χ4n) is 2.76. The average molecular weight is 466 g/mol. The van der Waals surface area contributed by atoms with Crippen LogP contribution in [0.1, 0.15) is 72.2 Å². The molecule has 0 fully saturated rings. The van der Waals surface area contributed by atoms with E-state index in [1.54, 1.807) is 85.7 Å². The number of imide groups is 1. The van der Waals surface area contributed by atoms with Crippen LogP contribution in [0.3, 0.4) is 0 Å². The molecule has 0 aliphatic rings. The van der Waals surface area contributed by atoms with Crippen LogP contribution in [-0.4, -0.2) is 59.0 Å². The number of hydrogen-bond acceptors (Lipinski definition) is 8. The van der Waals surface area contributed by atoms with Crippen molar-refractivity contribution >= 4 is 24.1 Å². The van der Waals surface area contributed by atoms with E-state index in [9.17, 15) is 19.2 Å². The van der Waals surface area contributed by atoms with E-state index in [4.69, 9.17) is 18.9 Å². The summed E-state index contributed by atoms with van der Waals surface area (Å²) < 4.78 is 21.1. The monoisotopic (exact) mass is 465 g/mol. The predicted molar refractivity (Wildman–Crippen MR) is 121 cm³/mol. The van der Waals surface area contributed by atoms with E-state index in [0.717, 1.165) is 7.11 Å². The second-order valence-corrected chi connectivity index (χ2v) is 10.1. The van der Waals surface area contributed by atoms with Gasteiger partial charge in [0, 0.05) is 6.42 Å². The Morgan fingerprint density at radius 3 is 1.64 bits per heavy atom. The molecule has 1 aromatic rings. The minimum Gasteiger partial charge on any atom is -0.467 e. The lowest BCUT2D eigenvalue weighted by Gasteiger charge is -2.35. The van der Waals surface area contributed by atoms with Crippen molar-refractivity contribution in [3.05, 3.63) is 35.9 Å². The Morgan fingerprint density at radius 1 is 0.788 bits per heavy atom. The highest BCUT2D eigenvalue weighted by Gasteiger charge is 2.44. The van der Waals surface area contributed by atoms with Crippen molar-refractivity contribution in [3.8, 4) is 0 Å². The molecule has 33 heavy (non-hydrogen) atoms. The molecule has 0 N–H and O–H groups in total. The summed E-state index contributed by atoms with van der Waals surface area (Å²) in [6.07, 6.45) is -2.42. The molecule has 0 heterocycles. The minimum absolute atomic E-state index is 0.253. The lowest BCUT2D eigenvalue weighted by molar-refractivity contribution is -0.149. The Kier molecular flexibility index (Phi) is 9.04. The van der Waals surface area contributed by atoms with Gasteiger partial charge in [-0.1, -0.05) is 18.2 Å². The normalized spacial score (nSPS) is 12.9. The first-order chi connectivity index (χ1) is 15.0. The van der Waals surface area contributed by atoms with Crippen molar-refractivity contribution < 1.29 is 38.1 Å². The third-order valence-electron chi connectivity index (χ3n) is 4.03. The van der Waals surface area contributed by atoms with Crippen LogP contribution in [0, 0.1) is 0 Å². The molecule has 0 spiro atoms. The van der Waals surface area contributed by atoms with Crippen LogP contribution in [0.25, 0.3) is 0 Å². The second-order valence-electron chi connectivity index (χ2n) is 10.1. The lowest BCUT2D eigenvalue weighted by Crippen LogP contribution is -2.54. The molecule has 9 nitrogen and oxygen atoms in total. The largest absolute Gasteiger partial charge is 0.467 e. The number of esters is 2. The Morgan fingerprint density at radius 2 is 1.24 bits per heavy atom. The summed E-state index contributed by atoms with van der Waals surface area (Å²) in [7, 11) is 1.13. The first-order valence-corrected chi connectivity index (χ1v) is 10.6. The quantitative estimate of drug-likeness (QED) is 0.438. The zero-order chi connectivity index (χ0) is 25.6. The van der Waals surface area contributed by atoms with Crippen LogP contribution in [-0.2, 0) is 23.7 Å². The van der Waals surface area contributed by atoms with Gasteiger partial charge in [-0.05, 0) is 67.5 Å². The molecule has 1 unspecified atom stereocenters. The van der Waals surface area contributed by atoms with Gasteiger partial charge in [-0.15, -0.1) is 0 Å². The molecule has 1 aromatic carbocycles. The molecule has 0 saturated carbocycles. The van der Waals surface area contributed by atoms with Crippen LogP contribution in [0.2, 0.25) is 0 Å². The van der Waals surface area contributed by atoms with E-state index in [-0.39, 0.29) is 6.42 Å². The molecule has 184 valence electrons. The van der Waals surface area contributed by atoms with Gasteiger partial charge in [0.1, 0.15) is 22.8 Å². The average Bonchev–Trinajstić information content (AvgIpc) is 2.64. The van der Waals surface area contributed by atoms with E-state index in [0.29, 0.717) is 10.5 Å². The summed E-state index contributed by atoms with van der Waals surface area (Å²) in [5.41, 5.74) is -2.86. The van der Waals surface area contributed by atoms with Gasteiger partial charge < -0.3 is 18.9 Å². The van der Waals surface area contributed by atoms with Crippen LogP contribution < -0.4 is 0 Å². The molecule has 1 rings (SSSR count). The highest BCUT2D eigenvalue weighted by Crippen LogP contribution is 2.26. The molecule has 0 bridgehead atoms. The van der Waals surface area contributed by atoms with Crippen molar-refractivity contribution in [3.63, 3.8) is 0 Å². The van der Waals surface area contributed by atoms with E-state index in [2.05, 4.69) is 0 Å². The third kappa shape index (κ3) is 9.51. The summed E-state index contributed by atoms with van der Waals surface area (Å²) in [6, 6.07) is 6.84. The molecular weight excluding hydrogens is 430 g/mol. The van der Waals surface area contributed by atoms with E-state index < -0.39 is 47.0 Å². The van der Waals surface area contributed by atoms with Crippen molar-refractivity contribution in [2.24, 2.45) is 0 Å². The van der Waals surface area contributed by atoms with Gasteiger partial charge in [0.15, 0.2) is 0 Å². The smallest absolute Gasteiger partial charge is 0.420 e. The van der Waals surface area contributed by atoms with Gasteiger partial charge in [-0.2, -0.15) is 4.90 Å². The number of amides is 2. The highest BCUT2D eigenvalue weighted by atomic mass is 16.6. The zero-order valence-electron chi connectivity index (χ0n) is 20.9. The van der Waals surface area contributed by atoms with Gasteiger partial charge >= 0.3 is 24.1 Å². The molecule has 2 amide bonds. The van der Waals surface area contributed by atoms with E-state index in [1.807, 2.05) is 0 Å². The summed E-state index contributed by atoms with van der Waals surface area (Å²) >= 11 is 0. The molecule has 9 heteroatoms. The SMILES string of the molecule is COC(=O)C(CC(C)(C)OC(=O)c1ccccc1)N(C(=O)OC(C)(C)C)C(=O)OC(C)(C)C. The summed E-state index contributed by atoms with van der Waals surface area (Å²) in [5, 5.41) is 0.